The first-order valence-corrected chi connectivity index (χ1v) is 12.1. The SMILES string of the molecule is C=C1[C@@](C)(C(=O)[C@](C)(O)CO)CC2[C@@]3(C)CCC(=O)C(C)(C)C3CC[C@@]2(C)[C@]1(C)C(=O)OC. The fourth-order valence-corrected chi connectivity index (χ4v) is 8.29. The van der Waals surface area contributed by atoms with Crippen LogP contribution in [0.1, 0.15) is 80.6 Å². The van der Waals surface area contributed by atoms with Crippen molar-refractivity contribution >= 4 is 17.5 Å². The van der Waals surface area contributed by atoms with Crippen LogP contribution in [0.3, 0.4) is 0 Å². The monoisotopic (exact) mass is 462 g/mol. The summed E-state index contributed by atoms with van der Waals surface area (Å²) in [7, 11) is 1.35. The van der Waals surface area contributed by atoms with Gasteiger partial charge in [-0.1, -0.05) is 34.3 Å². The van der Waals surface area contributed by atoms with Crippen LogP contribution in [-0.2, 0) is 19.1 Å². The standard InChI is InChI=1S/C27H42O6/c1-16-24(5,20(30)26(7,32)15-28)14-18-23(4)12-11-19(29)22(2,3)17(23)10-13-25(18,6)27(16,8)21(31)33-9/h17-18,28,32H,1,10-15H2,2-9H3/t17?,18?,23-,24-,25+,26+,27-/m0/s1. The quantitative estimate of drug-likeness (QED) is 0.486. The van der Waals surface area contributed by atoms with E-state index in [1.165, 1.54) is 14.0 Å². The van der Waals surface area contributed by atoms with E-state index in [0.717, 1.165) is 6.42 Å². The van der Waals surface area contributed by atoms with E-state index in [-0.39, 0.29) is 23.0 Å². The Balaban J connectivity index is 2.28. The van der Waals surface area contributed by atoms with Crippen molar-refractivity contribution < 1.29 is 29.3 Å². The number of hydrogen-bond donors (Lipinski definition) is 2. The van der Waals surface area contributed by atoms with Gasteiger partial charge in [0.1, 0.15) is 11.4 Å². The zero-order valence-corrected chi connectivity index (χ0v) is 21.6. The summed E-state index contributed by atoms with van der Waals surface area (Å²) in [4.78, 5) is 40.1. The Labute approximate surface area is 198 Å². The summed E-state index contributed by atoms with van der Waals surface area (Å²) in [5, 5.41) is 20.5. The number of carbonyl (C=O) groups excluding carboxylic acids is 3. The molecular weight excluding hydrogens is 420 g/mol. The van der Waals surface area contributed by atoms with Crippen LogP contribution in [-0.4, -0.2) is 47.1 Å². The number of fused-ring (bicyclic) bond motifs is 3. The summed E-state index contributed by atoms with van der Waals surface area (Å²) in [6.07, 6.45) is 3.09. The minimum absolute atomic E-state index is 0.0887. The predicted molar refractivity (Wildman–Crippen MR) is 125 cm³/mol. The van der Waals surface area contributed by atoms with Crippen molar-refractivity contribution in [2.24, 2.45) is 38.9 Å². The maximum Gasteiger partial charge on any atom is 0.316 e. The van der Waals surface area contributed by atoms with Crippen LogP contribution in [0.25, 0.3) is 0 Å². The number of methoxy groups -OCH3 is 1. The van der Waals surface area contributed by atoms with Gasteiger partial charge in [0.05, 0.1) is 24.5 Å². The Morgan fingerprint density at radius 3 is 2.21 bits per heavy atom. The Morgan fingerprint density at radius 1 is 1.12 bits per heavy atom. The minimum Gasteiger partial charge on any atom is -0.468 e. The number of esters is 1. The first kappa shape index (κ1) is 26.1. The summed E-state index contributed by atoms with van der Waals surface area (Å²) >= 11 is 0. The largest absolute Gasteiger partial charge is 0.468 e. The maximum absolute atomic E-state index is 13.7. The van der Waals surface area contributed by atoms with Crippen molar-refractivity contribution in [3.8, 4) is 0 Å². The predicted octanol–water partition coefficient (Wildman–Crippen LogP) is 3.87. The van der Waals surface area contributed by atoms with Gasteiger partial charge in [0.2, 0.25) is 0 Å². The molecule has 0 aromatic rings. The summed E-state index contributed by atoms with van der Waals surface area (Å²) in [6, 6.07) is 0. The molecule has 0 aromatic heterocycles. The number of aliphatic hydroxyl groups is 2. The van der Waals surface area contributed by atoms with E-state index >= 15 is 0 Å². The van der Waals surface area contributed by atoms with Gasteiger partial charge < -0.3 is 14.9 Å². The molecule has 6 nitrogen and oxygen atoms in total. The molecule has 0 spiro atoms. The van der Waals surface area contributed by atoms with Gasteiger partial charge in [-0.3, -0.25) is 14.4 Å². The molecule has 33 heavy (non-hydrogen) atoms. The molecule has 0 aromatic carbocycles. The van der Waals surface area contributed by atoms with Crippen molar-refractivity contribution in [2.75, 3.05) is 13.7 Å². The molecule has 186 valence electrons. The lowest BCUT2D eigenvalue weighted by molar-refractivity contribution is -0.207. The van der Waals surface area contributed by atoms with Gasteiger partial charge in [-0.15, -0.1) is 0 Å². The van der Waals surface area contributed by atoms with E-state index in [1.807, 2.05) is 20.8 Å². The molecule has 3 aliphatic carbocycles. The van der Waals surface area contributed by atoms with Gasteiger partial charge in [-0.2, -0.15) is 0 Å². The van der Waals surface area contributed by atoms with Gasteiger partial charge in [0.15, 0.2) is 5.78 Å². The molecule has 3 fully saturated rings. The smallest absolute Gasteiger partial charge is 0.316 e. The lowest BCUT2D eigenvalue weighted by atomic mass is 9.33. The zero-order chi connectivity index (χ0) is 25.4. The summed E-state index contributed by atoms with van der Waals surface area (Å²) < 4.78 is 5.31. The Morgan fingerprint density at radius 2 is 1.70 bits per heavy atom. The van der Waals surface area contributed by atoms with Crippen molar-refractivity contribution in [1.82, 2.24) is 0 Å². The second-order valence-electron chi connectivity index (χ2n) is 12.6. The fraction of sp³-hybridized carbons (Fsp3) is 0.815. The highest BCUT2D eigenvalue weighted by atomic mass is 16.5. The molecule has 0 radical (unpaired) electrons. The Hall–Kier alpha value is -1.53. The van der Waals surface area contributed by atoms with Crippen LogP contribution in [0.4, 0.5) is 0 Å². The molecule has 3 saturated carbocycles. The van der Waals surface area contributed by atoms with Crippen molar-refractivity contribution in [3.05, 3.63) is 12.2 Å². The van der Waals surface area contributed by atoms with Crippen molar-refractivity contribution in [1.29, 1.82) is 0 Å². The normalized spacial score (nSPS) is 44.3. The number of Topliss-reactive ketones (excluding diaryl/α,β-unsaturated/α-hetero) is 2. The molecule has 7 atom stereocenters. The van der Waals surface area contributed by atoms with Gasteiger partial charge in [0.25, 0.3) is 0 Å². The molecule has 0 aliphatic heterocycles. The third kappa shape index (κ3) is 3.09. The second kappa shape index (κ2) is 7.48. The molecule has 2 unspecified atom stereocenters. The fourth-order valence-electron chi connectivity index (χ4n) is 8.29. The van der Waals surface area contributed by atoms with E-state index in [2.05, 4.69) is 20.4 Å². The van der Waals surface area contributed by atoms with Gasteiger partial charge in [-0.25, -0.2) is 0 Å². The molecule has 3 aliphatic rings. The average molecular weight is 463 g/mol. The first-order chi connectivity index (χ1) is 14.9. The molecule has 0 heterocycles. The van der Waals surface area contributed by atoms with Crippen LogP contribution >= 0.6 is 0 Å². The van der Waals surface area contributed by atoms with E-state index in [0.29, 0.717) is 31.3 Å². The highest BCUT2D eigenvalue weighted by Crippen LogP contribution is 2.74. The second-order valence-corrected chi connectivity index (χ2v) is 12.6. The third-order valence-electron chi connectivity index (χ3n) is 10.7. The van der Waals surface area contributed by atoms with Crippen LogP contribution in [0.2, 0.25) is 0 Å². The van der Waals surface area contributed by atoms with Crippen molar-refractivity contribution in [3.63, 3.8) is 0 Å². The highest BCUT2D eigenvalue weighted by Gasteiger charge is 2.72. The number of carbonyl (C=O) groups is 3. The molecule has 0 amide bonds. The number of ether oxygens (including phenoxy) is 1. The van der Waals surface area contributed by atoms with E-state index < -0.39 is 45.6 Å². The molecule has 0 saturated heterocycles. The summed E-state index contributed by atoms with van der Waals surface area (Å²) in [5.74, 6) is -0.664. The molecule has 3 rings (SSSR count). The Bertz CT molecular complexity index is 902. The van der Waals surface area contributed by atoms with Gasteiger partial charge in [0, 0.05) is 11.8 Å². The maximum atomic E-state index is 13.7. The van der Waals surface area contributed by atoms with E-state index in [1.54, 1.807) is 6.92 Å². The zero-order valence-electron chi connectivity index (χ0n) is 21.6. The van der Waals surface area contributed by atoms with Crippen LogP contribution in [0.5, 0.6) is 0 Å². The van der Waals surface area contributed by atoms with E-state index in [4.69, 9.17) is 4.74 Å². The number of rotatable bonds is 4. The van der Waals surface area contributed by atoms with Crippen LogP contribution in [0, 0.1) is 38.9 Å². The van der Waals surface area contributed by atoms with Crippen LogP contribution < -0.4 is 0 Å². The minimum atomic E-state index is -1.96. The topological polar surface area (TPSA) is 101 Å². The summed E-state index contributed by atoms with van der Waals surface area (Å²) in [6.45, 7) is 16.8. The van der Waals surface area contributed by atoms with E-state index in [9.17, 15) is 24.6 Å². The van der Waals surface area contributed by atoms with Crippen molar-refractivity contribution in [2.45, 2.75) is 86.2 Å². The summed E-state index contributed by atoms with van der Waals surface area (Å²) in [5.41, 5.74) is -5.24. The van der Waals surface area contributed by atoms with Gasteiger partial charge >= 0.3 is 5.97 Å². The lowest BCUT2D eigenvalue weighted by Gasteiger charge is -2.69. The number of ketones is 2. The van der Waals surface area contributed by atoms with Gasteiger partial charge in [-0.05, 0) is 74.7 Å². The molecule has 2 N–H and O–H groups in total. The first-order valence-electron chi connectivity index (χ1n) is 12.1. The molecule has 6 heteroatoms. The lowest BCUT2D eigenvalue weighted by Crippen LogP contribution is -2.68. The van der Waals surface area contributed by atoms with Crippen LogP contribution in [0.15, 0.2) is 12.2 Å². The highest BCUT2D eigenvalue weighted by molar-refractivity contribution is 5.97. The molecular formula is C27H42O6. The number of aliphatic hydroxyl groups excluding tert-OH is 1. The average Bonchev–Trinajstić information content (AvgIpc) is 2.75. The number of hydrogen-bond acceptors (Lipinski definition) is 6. The third-order valence-corrected chi connectivity index (χ3v) is 10.7. The Kier molecular flexibility index (Phi) is 5.91. The molecule has 0 bridgehead atoms.